The van der Waals surface area contributed by atoms with Crippen LogP contribution in [0.15, 0.2) is 23.0 Å². The van der Waals surface area contributed by atoms with E-state index < -0.39 is 23.6 Å². The molecule has 0 aliphatic heterocycles. The minimum atomic E-state index is -1.33. The SMILES string of the molecule is CC(C)=CCC1C(=O)C(=C(O)C(C)C)C(=O)C1O. The molecule has 0 aromatic heterocycles. The van der Waals surface area contributed by atoms with Gasteiger partial charge in [0.15, 0.2) is 11.6 Å². The van der Waals surface area contributed by atoms with Gasteiger partial charge in [0.25, 0.3) is 0 Å². The maximum Gasteiger partial charge on any atom is 0.199 e. The third-order valence-electron chi connectivity index (χ3n) is 3.06. The summed E-state index contributed by atoms with van der Waals surface area (Å²) < 4.78 is 0. The first-order valence-electron chi connectivity index (χ1n) is 6.10. The van der Waals surface area contributed by atoms with Crippen molar-refractivity contribution < 1.29 is 19.8 Å². The number of ketones is 2. The Morgan fingerprint density at radius 3 is 2.28 bits per heavy atom. The molecule has 4 nitrogen and oxygen atoms in total. The zero-order valence-electron chi connectivity index (χ0n) is 11.2. The van der Waals surface area contributed by atoms with Gasteiger partial charge in [-0.15, -0.1) is 0 Å². The molecule has 2 atom stereocenters. The standard InChI is InChI=1S/C14H20O4/c1-7(2)5-6-9-12(16)10(11(15)8(3)4)14(18)13(9)17/h5,8-9,13,15,17H,6H2,1-4H3. The molecule has 1 saturated carbocycles. The van der Waals surface area contributed by atoms with E-state index in [1.54, 1.807) is 13.8 Å². The van der Waals surface area contributed by atoms with Crippen LogP contribution in [0.5, 0.6) is 0 Å². The van der Waals surface area contributed by atoms with Crippen molar-refractivity contribution >= 4 is 11.6 Å². The molecule has 18 heavy (non-hydrogen) atoms. The molecular weight excluding hydrogens is 232 g/mol. The molecule has 1 fully saturated rings. The zero-order valence-corrected chi connectivity index (χ0v) is 11.2. The fraction of sp³-hybridized carbons (Fsp3) is 0.571. The van der Waals surface area contributed by atoms with Crippen LogP contribution in [0.1, 0.15) is 34.1 Å². The van der Waals surface area contributed by atoms with Crippen molar-refractivity contribution in [2.45, 2.75) is 40.2 Å². The first-order chi connectivity index (χ1) is 8.27. The maximum absolute atomic E-state index is 12.1. The van der Waals surface area contributed by atoms with E-state index >= 15 is 0 Å². The van der Waals surface area contributed by atoms with Crippen LogP contribution < -0.4 is 0 Å². The molecule has 1 aliphatic rings. The summed E-state index contributed by atoms with van der Waals surface area (Å²) in [6.07, 6.45) is 0.807. The topological polar surface area (TPSA) is 74.6 Å². The van der Waals surface area contributed by atoms with Gasteiger partial charge in [-0.05, 0) is 20.3 Å². The van der Waals surface area contributed by atoms with E-state index in [-0.39, 0.29) is 17.3 Å². The number of rotatable bonds is 3. The van der Waals surface area contributed by atoms with E-state index in [4.69, 9.17) is 0 Å². The van der Waals surface area contributed by atoms with Crippen molar-refractivity contribution in [3.05, 3.63) is 23.0 Å². The number of hydrogen-bond acceptors (Lipinski definition) is 4. The Labute approximate surface area is 107 Å². The summed E-state index contributed by atoms with van der Waals surface area (Å²) in [5.41, 5.74) is 0.803. The van der Waals surface area contributed by atoms with Crippen LogP contribution in [0.4, 0.5) is 0 Å². The molecule has 0 heterocycles. The average molecular weight is 252 g/mol. The average Bonchev–Trinajstić information content (AvgIpc) is 2.47. The van der Waals surface area contributed by atoms with Crippen LogP contribution in [0.25, 0.3) is 0 Å². The number of aliphatic hydroxyl groups excluding tert-OH is 2. The Kier molecular flexibility index (Phi) is 4.46. The summed E-state index contributed by atoms with van der Waals surface area (Å²) >= 11 is 0. The molecular formula is C14H20O4. The second-order valence-electron chi connectivity index (χ2n) is 5.21. The van der Waals surface area contributed by atoms with Crippen molar-refractivity contribution in [1.29, 1.82) is 0 Å². The molecule has 0 aromatic carbocycles. The van der Waals surface area contributed by atoms with Crippen molar-refractivity contribution in [1.82, 2.24) is 0 Å². The van der Waals surface area contributed by atoms with Crippen LogP contribution in [0.3, 0.4) is 0 Å². The third kappa shape index (κ3) is 2.70. The van der Waals surface area contributed by atoms with Gasteiger partial charge in [-0.2, -0.15) is 0 Å². The molecule has 0 spiro atoms. The lowest BCUT2D eigenvalue weighted by Gasteiger charge is -2.08. The van der Waals surface area contributed by atoms with E-state index in [2.05, 4.69) is 0 Å². The number of carbonyl (C=O) groups is 2. The van der Waals surface area contributed by atoms with Crippen molar-refractivity contribution in [3.8, 4) is 0 Å². The van der Waals surface area contributed by atoms with Crippen LogP contribution in [-0.4, -0.2) is 27.9 Å². The van der Waals surface area contributed by atoms with E-state index in [0.29, 0.717) is 6.42 Å². The second kappa shape index (κ2) is 5.48. The second-order valence-corrected chi connectivity index (χ2v) is 5.21. The van der Waals surface area contributed by atoms with Gasteiger partial charge in [-0.3, -0.25) is 9.59 Å². The highest BCUT2D eigenvalue weighted by Gasteiger charge is 2.46. The van der Waals surface area contributed by atoms with Gasteiger partial charge >= 0.3 is 0 Å². The number of hydrogen-bond donors (Lipinski definition) is 2. The Balaban J connectivity index is 3.09. The monoisotopic (exact) mass is 252 g/mol. The summed E-state index contributed by atoms with van der Waals surface area (Å²) in [4.78, 5) is 23.9. The van der Waals surface area contributed by atoms with E-state index in [1.807, 2.05) is 19.9 Å². The zero-order chi connectivity index (χ0) is 14.0. The molecule has 100 valence electrons. The molecule has 1 rings (SSSR count). The molecule has 0 radical (unpaired) electrons. The van der Waals surface area contributed by atoms with Gasteiger partial charge in [0, 0.05) is 5.92 Å². The molecule has 0 aromatic rings. The van der Waals surface area contributed by atoms with E-state index in [1.165, 1.54) is 0 Å². The number of carbonyl (C=O) groups excluding carboxylic acids is 2. The molecule has 4 heteroatoms. The molecule has 2 unspecified atom stereocenters. The fourth-order valence-corrected chi connectivity index (χ4v) is 1.92. The molecule has 0 saturated heterocycles. The lowest BCUT2D eigenvalue weighted by molar-refractivity contribution is -0.124. The minimum Gasteiger partial charge on any atom is -0.511 e. The Hall–Kier alpha value is -1.42. The first kappa shape index (κ1) is 14.6. The number of aliphatic hydroxyl groups is 2. The lowest BCUT2D eigenvalue weighted by Crippen LogP contribution is -2.22. The predicted molar refractivity (Wildman–Crippen MR) is 68.1 cm³/mol. The van der Waals surface area contributed by atoms with Crippen molar-refractivity contribution in [3.63, 3.8) is 0 Å². The lowest BCUT2D eigenvalue weighted by atomic mass is 9.98. The van der Waals surface area contributed by atoms with Crippen LogP contribution in [-0.2, 0) is 9.59 Å². The Morgan fingerprint density at radius 1 is 1.28 bits per heavy atom. The van der Waals surface area contributed by atoms with Gasteiger partial charge in [-0.25, -0.2) is 0 Å². The number of Topliss-reactive ketones (excluding diaryl/α,β-unsaturated/α-hetero) is 2. The summed E-state index contributed by atoms with van der Waals surface area (Å²) in [5.74, 6) is -2.39. The molecule has 0 bridgehead atoms. The quantitative estimate of drug-likeness (QED) is 0.348. The number of allylic oxidation sites excluding steroid dienone is 3. The summed E-state index contributed by atoms with van der Waals surface area (Å²) in [6, 6.07) is 0. The van der Waals surface area contributed by atoms with Gasteiger partial charge in [-0.1, -0.05) is 25.5 Å². The van der Waals surface area contributed by atoms with Crippen molar-refractivity contribution in [2.24, 2.45) is 11.8 Å². The van der Waals surface area contributed by atoms with Crippen molar-refractivity contribution in [2.75, 3.05) is 0 Å². The van der Waals surface area contributed by atoms with E-state index in [0.717, 1.165) is 5.57 Å². The smallest absolute Gasteiger partial charge is 0.199 e. The van der Waals surface area contributed by atoms with E-state index in [9.17, 15) is 19.8 Å². The minimum absolute atomic E-state index is 0.218. The van der Waals surface area contributed by atoms with Crippen LogP contribution in [0, 0.1) is 11.8 Å². The van der Waals surface area contributed by atoms with Gasteiger partial charge in [0.2, 0.25) is 0 Å². The highest BCUT2D eigenvalue weighted by atomic mass is 16.3. The molecule has 2 N–H and O–H groups in total. The van der Waals surface area contributed by atoms with Gasteiger partial charge < -0.3 is 10.2 Å². The highest BCUT2D eigenvalue weighted by Crippen LogP contribution is 2.30. The van der Waals surface area contributed by atoms with Gasteiger partial charge in [0.1, 0.15) is 17.4 Å². The third-order valence-corrected chi connectivity index (χ3v) is 3.06. The Bertz CT molecular complexity index is 425. The van der Waals surface area contributed by atoms with Crippen LogP contribution >= 0.6 is 0 Å². The normalized spacial score (nSPS) is 26.8. The summed E-state index contributed by atoms with van der Waals surface area (Å²) in [6.45, 7) is 7.16. The molecule has 1 aliphatic carbocycles. The summed E-state index contributed by atoms with van der Waals surface area (Å²) in [7, 11) is 0. The molecule has 0 amide bonds. The predicted octanol–water partition coefficient (Wildman–Crippen LogP) is 1.94. The fourth-order valence-electron chi connectivity index (χ4n) is 1.92. The summed E-state index contributed by atoms with van der Waals surface area (Å²) in [5, 5.41) is 19.6. The van der Waals surface area contributed by atoms with Crippen LogP contribution in [0.2, 0.25) is 0 Å². The highest BCUT2D eigenvalue weighted by molar-refractivity contribution is 6.28. The largest absolute Gasteiger partial charge is 0.511 e. The Morgan fingerprint density at radius 2 is 1.83 bits per heavy atom. The first-order valence-corrected chi connectivity index (χ1v) is 6.10. The van der Waals surface area contributed by atoms with Gasteiger partial charge in [0.05, 0.1) is 5.92 Å². The maximum atomic E-state index is 12.1.